The first kappa shape index (κ1) is 17.4. The lowest BCUT2D eigenvalue weighted by Gasteiger charge is -2.25. The van der Waals surface area contributed by atoms with Crippen molar-refractivity contribution in [3.63, 3.8) is 0 Å². The Morgan fingerprint density at radius 2 is 2.26 bits per heavy atom. The van der Waals surface area contributed by atoms with Crippen molar-refractivity contribution in [2.75, 3.05) is 18.5 Å². The van der Waals surface area contributed by atoms with Crippen LogP contribution < -0.4 is 10.6 Å². The molecule has 0 saturated heterocycles. The molecule has 5 nitrogen and oxygen atoms in total. The number of carbonyl (C=O) groups excluding carboxylic acids is 2. The molecule has 0 aromatic heterocycles. The zero-order valence-electron chi connectivity index (χ0n) is 13.3. The molecule has 0 bridgehead atoms. The van der Waals surface area contributed by atoms with Gasteiger partial charge >= 0.3 is 0 Å². The fourth-order valence-corrected chi connectivity index (χ4v) is 2.98. The quantitative estimate of drug-likeness (QED) is 0.720. The molecule has 0 radical (unpaired) electrons. The number of anilines is 1. The molecule has 0 fully saturated rings. The molecule has 2 unspecified atom stereocenters. The summed E-state index contributed by atoms with van der Waals surface area (Å²) in [5.74, 6) is -1.35. The van der Waals surface area contributed by atoms with Crippen LogP contribution in [0.2, 0.25) is 0 Å². The Bertz CT molecular complexity index is 571. The topological polar surface area (TPSA) is 78.4 Å². The van der Waals surface area contributed by atoms with Crippen molar-refractivity contribution in [3.8, 4) is 0 Å². The van der Waals surface area contributed by atoms with Crippen LogP contribution in [0.3, 0.4) is 0 Å². The average Bonchev–Trinajstić information content (AvgIpc) is 2.51. The molecular formula is C17H23FN2O3. The minimum Gasteiger partial charge on any atom is -0.396 e. The fourth-order valence-electron chi connectivity index (χ4n) is 2.98. The summed E-state index contributed by atoms with van der Waals surface area (Å²) in [5, 5.41) is 14.5. The van der Waals surface area contributed by atoms with E-state index in [1.807, 2.05) is 0 Å². The largest absolute Gasteiger partial charge is 0.396 e. The summed E-state index contributed by atoms with van der Waals surface area (Å²) in [5.41, 5.74) is 1.000. The van der Waals surface area contributed by atoms with Gasteiger partial charge in [-0.25, -0.2) is 4.39 Å². The maximum atomic E-state index is 13.3. The van der Waals surface area contributed by atoms with Crippen LogP contribution >= 0.6 is 0 Å². The van der Waals surface area contributed by atoms with Gasteiger partial charge in [0.05, 0.1) is 5.92 Å². The molecule has 1 aromatic rings. The second kappa shape index (κ2) is 8.06. The summed E-state index contributed by atoms with van der Waals surface area (Å²) in [6.45, 7) is 2.62. The fraction of sp³-hybridized carbons (Fsp3) is 0.529. The van der Waals surface area contributed by atoms with E-state index in [1.165, 1.54) is 12.1 Å². The number of hydrogen-bond donors (Lipinski definition) is 3. The predicted octanol–water partition coefficient (Wildman–Crippen LogP) is 2.17. The smallest absolute Gasteiger partial charge is 0.228 e. The number of aliphatic hydroxyl groups is 1. The van der Waals surface area contributed by atoms with Gasteiger partial charge in [0.1, 0.15) is 5.82 Å². The molecule has 126 valence electrons. The van der Waals surface area contributed by atoms with E-state index in [0.717, 1.165) is 12.8 Å². The maximum Gasteiger partial charge on any atom is 0.228 e. The number of amides is 2. The molecule has 1 aromatic carbocycles. The molecule has 0 aliphatic carbocycles. The first-order chi connectivity index (χ1) is 11.0. The number of carbonyl (C=O) groups is 2. The van der Waals surface area contributed by atoms with Crippen molar-refractivity contribution in [1.29, 1.82) is 0 Å². The lowest BCUT2D eigenvalue weighted by Crippen LogP contribution is -2.37. The maximum absolute atomic E-state index is 13.3. The normalized spacial score (nSPS) is 18.0. The number of hydrogen-bond acceptors (Lipinski definition) is 3. The summed E-state index contributed by atoms with van der Waals surface area (Å²) in [4.78, 5) is 24.2. The van der Waals surface area contributed by atoms with Crippen LogP contribution in [0.25, 0.3) is 0 Å². The molecule has 0 saturated carbocycles. The van der Waals surface area contributed by atoms with E-state index in [4.69, 9.17) is 5.11 Å². The van der Waals surface area contributed by atoms with E-state index < -0.39 is 11.7 Å². The lowest BCUT2D eigenvalue weighted by atomic mass is 9.89. The SMILES string of the molecule is CCCC(CCO)CNC(=O)C1CC(=O)Nc2cc(F)ccc21. The molecule has 6 heteroatoms. The van der Waals surface area contributed by atoms with Gasteiger partial charge in [-0.05, 0) is 36.5 Å². The minimum atomic E-state index is -0.601. The average molecular weight is 322 g/mol. The Kier molecular flexibility index (Phi) is 6.10. The van der Waals surface area contributed by atoms with E-state index >= 15 is 0 Å². The first-order valence-corrected chi connectivity index (χ1v) is 8.03. The lowest BCUT2D eigenvalue weighted by molar-refractivity contribution is -0.126. The number of aliphatic hydroxyl groups excluding tert-OH is 1. The molecule has 1 heterocycles. The second-order valence-corrected chi connectivity index (χ2v) is 5.95. The van der Waals surface area contributed by atoms with Crippen molar-refractivity contribution in [3.05, 3.63) is 29.6 Å². The molecule has 3 N–H and O–H groups in total. The monoisotopic (exact) mass is 322 g/mol. The highest BCUT2D eigenvalue weighted by atomic mass is 19.1. The van der Waals surface area contributed by atoms with E-state index in [-0.39, 0.29) is 30.8 Å². The number of nitrogens with one attached hydrogen (secondary N) is 2. The van der Waals surface area contributed by atoms with Gasteiger partial charge in [0.15, 0.2) is 0 Å². The Morgan fingerprint density at radius 1 is 1.48 bits per heavy atom. The molecule has 2 amide bonds. The van der Waals surface area contributed by atoms with Gasteiger partial charge in [0.2, 0.25) is 11.8 Å². The van der Waals surface area contributed by atoms with Crippen molar-refractivity contribution in [2.24, 2.45) is 5.92 Å². The van der Waals surface area contributed by atoms with Crippen LogP contribution in [0.4, 0.5) is 10.1 Å². The Labute approximate surface area is 135 Å². The summed E-state index contributed by atoms with van der Waals surface area (Å²) in [6.07, 6.45) is 2.60. The molecule has 1 aliphatic heterocycles. The summed E-state index contributed by atoms with van der Waals surface area (Å²) < 4.78 is 13.3. The van der Waals surface area contributed by atoms with E-state index in [2.05, 4.69) is 17.6 Å². The van der Waals surface area contributed by atoms with Crippen molar-refractivity contribution < 1.29 is 19.1 Å². The molecule has 2 rings (SSSR count). The zero-order valence-corrected chi connectivity index (χ0v) is 13.3. The van der Waals surface area contributed by atoms with Crippen molar-refractivity contribution in [2.45, 2.75) is 38.5 Å². The van der Waals surface area contributed by atoms with E-state index in [0.29, 0.717) is 24.2 Å². The number of halogens is 1. The minimum absolute atomic E-state index is 0.0584. The van der Waals surface area contributed by atoms with Gasteiger partial charge in [-0.15, -0.1) is 0 Å². The predicted molar refractivity (Wildman–Crippen MR) is 85.5 cm³/mol. The molecule has 0 spiro atoms. The number of benzene rings is 1. The summed E-state index contributed by atoms with van der Waals surface area (Å²) in [7, 11) is 0. The van der Waals surface area contributed by atoms with Crippen LogP contribution in [0.15, 0.2) is 18.2 Å². The summed E-state index contributed by atoms with van der Waals surface area (Å²) >= 11 is 0. The Morgan fingerprint density at radius 3 is 2.96 bits per heavy atom. The van der Waals surface area contributed by atoms with Gasteiger partial charge < -0.3 is 15.7 Å². The highest BCUT2D eigenvalue weighted by molar-refractivity contribution is 6.01. The summed E-state index contributed by atoms with van der Waals surface area (Å²) in [6, 6.07) is 4.08. The Balaban J connectivity index is 2.06. The standard InChI is InChI=1S/C17H23FN2O3/c1-2-3-11(6-7-21)10-19-17(23)14-9-16(22)20-15-8-12(18)4-5-13(14)15/h4-5,8,11,14,21H,2-3,6-7,9-10H2,1H3,(H,19,23)(H,20,22). The Hall–Kier alpha value is -1.95. The molecule has 2 atom stereocenters. The molecule has 1 aliphatic rings. The third-order valence-corrected chi connectivity index (χ3v) is 4.17. The van der Waals surface area contributed by atoms with Gasteiger partial charge in [-0.3, -0.25) is 9.59 Å². The van der Waals surface area contributed by atoms with Crippen LogP contribution in [0.5, 0.6) is 0 Å². The van der Waals surface area contributed by atoms with Gasteiger partial charge in [-0.1, -0.05) is 19.4 Å². The third kappa shape index (κ3) is 4.51. The highest BCUT2D eigenvalue weighted by Gasteiger charge is 2.31. The first-order valence-electron chi connectivity index (χ1n) is 8.03. The van der Waals surface area contributed by atoms with E-state index in [1.54, 1.807) is 6.07 Å². The number of rotatable bonds is 7. The van der Waals surface area contributed by atoms with Crippen LogP contribution in [-0.4, -0.2) is 30.1 Å². The van der Waals surface area contributed by atoms with Gasteiger partial charge in [0, 0.05) is 25.3 Å². The van der Waals surface area contributed by atoms with Crippen LogP contribution in [0.1, 0.15) is 44.1 Å². The highest BCUT2D eigenvalue weighted by Crippen LogP contribution is 2.32. The van der Waals surface area contributed by atoms with Crippen molar-refractivity contribution in [1.82, 2.24) is 5.32 Å². The molecule has 23 heavy (non-hydrogen) atoms. The second-order valence-electron chi connectivity index (χ2n) is 5.95. The third-order valence-electron chi connectivity index (χ3n) is 4.17. The van der Waals surface area contributed by atoms with Gasteiger partial charge in [-0.2, -0.15) is 0 Å². The molecular weight excluding hydrogens is 299 g/mol. The van der Waals surface area contributed by atoms with Crippen LogP contribution in [-0.2, 0) is 9.59 Å². The zero-order chi connectivity index (χ0) is 16.8. The van der Waals surface area contributed by atoms with E-state index in [9.17, 15) is 14.0 Å². The van der Waals surface area contributed by atoms with Crippen molar-refractivity contribution >= 4 is 17.5 Å². The number of fused-ring (bicyclic) bond motifs is 1. The van der Waals surface area contributed by atoms with Crippen LogP contribution in [0, 0.1) is 11.7 Å². The van der Waals surface area contributed by atoms with Gasteiger partial charge in [0.25, 0.3) is 0 Å².